The molecule has 6 heteroatoms. The third kappa shape index (κ3) is 3.62. The predicted molar refractivity (Wildman–Crippen MR) is 82.3 cm³/mol. The molecule has 0 atom stereocenters. The number of hydrogen-bond donors (Lipinski definition) is 2. The average molecular weight is 322 g/mol. The minimum atomic E-state index is -1.25. The first-order valence-electron chi connectivity index (χ1n) is 7.53. The SMILES string of the molecule is [2H]C([2H])c1ccc(Cl)cc1-c1cnc(C(=O)CCC(=O)O)c(O)c1. The molecule has 22 heavy (non-hydrogen) atoms. The lowest BCUT2D eigenvalue weighted by Gasteiger charge is -2.09. The number of pyridine rings is 1. The van der Waals surface area contributed by atoms with Crippen molar-refractivity contribution in [1.82, 2.24) is 4.98 Å². The van der Waals surface area contributed by atoms with E-state index in [1.54, 1.807) is 18.2 Å². The first-order chi connectivity index (χ1) is 11.3. The van der Waals surface area contributed by atoms with Gasteiger partial charge in [-0.05, 0) is 36.2 Å². The number of ketones is 1. The van der Waals surface area contributed by atoms with Gasteiger partial charge in [0.05, 0.1) is 6.42 Å². The van der Waals surface area contributed by atoms with Crippen LogP contribution in [-0.4, -0.2) is 26.9 Å². The number of carbonyl (C=O) groups is 2. The van der Waals surface area contributed by atoms with Crippen molar-refractivity contribution in [2.75, 3.05) is 0 Å². The molecule has 0 saturated heterocycles. The van der Waals surface area contributed by atoms with Gasteiger partial charge >= 0.3 is 5.97 Å². The third-order valence-corrected chi connectivity index (χ3v) is 3.26. The molecule has 0 aliphatic carbocycles. The molecule has 0 bridgehead atoms. The van der Waals surface area contributed by atoms with Gasteiger partial charge in [-0.2, -0.15) is 0 Å². The highest BCUT2D eigenvalue weighted by molar-refractivity contribution is 6.30. The van der Waals surface area contributed by atoms with Gasteiger partial charge in [-0.25, -0.2) is 4.98 Å². The van der Waals surface area contributed by atoms with Gasteiger partial charge in [-0.1, -0.05) is 17.7 Å². The number of aliphatic carboxylic acids is 1. The number of aromatic nitrogens is 1. The van der Waals surface area contributed by atoms with Gasteiger partial charge in [0.15, 0.2) is 5.78 Å². The Kier molecular flexibility index (Phi) is 3.97. The molecular weight excluding hydrogens is 306 g/mol. The van der Waals surface area contributed by atoms with Crippen molar-refractivity contribution in [2.24, 2.45) is 0 Å². The number of aryl methyl sites for hydroxylation is 1. The highest BCUT2D eigenvalue weighted by atomic mass is 35.5. The minimum Gasteiger partial charge on any atom is -0.506 e. The van der Waals surface area contributed by atoms with Gasteiger partial charge in [0, 0.05) is 25.9 Å². The highest BCUT2D eigenvalue weighted by Gasteiger charge is 2.16. The molecule has 5 nitrogen and oxygen atoms in total. The van der Waals surface area contributed by atoms with Gasteiger partial charge < -0.3 is 10.2 Å². The summed E-state index contributed by atoms with van der Waals surface area (Å²) in [5.74, 6) is -2.08. The van der Waals surface area contributed by atoms with Crippen LogP contribution in [0.3, 0.4) is 0 Å². The average Bonchev–Trinajstić information content (AvgIpc) is 2.52. The summed E-state index contributed by atoms with van der Waals surface area (Å²) in [6, 6.07) is 5.95. The van der Waals surface area contributed by atoms with E-state index < -0.39 is 18.6 Å². The van der Waals surface area contributed by atoms with Crippen LogP contribution in [0.25, 0.3) is 11.1 Å². The van der Waals surface area contributed by atoms with Crippen LogP contribution in [0, 0.1) is 6.88 Å². The second-order valence-corrected chi connectivity index (χ2v) is 5.08. The normalized spacial score (nSPS) is 11.9. The summed E-state index contributed by atoms with van der Waals surface area (Å²) >= 11 is 5.95. The predicted octanol–water partition coefficient (Wildman–Crippen LogP) is 3.46. The molecule has 2 rings (SSSR count). The van der Waals surface area contributed by atoms with E-state index in [0.717, 1.165) is 0 Å². The van der Waals surface area contributed by atoms with Gasteiger partial charge in [0.25, 0.3) is 0 Å². The zero-order valence-electron chi connectivity index (χ0n) is 13.4. The van der Waals surface area contributed by atoms with Gasteiger partial charge in [-0.15, -0.1) is 0 Å². The van der Waals surface area contributed by atoms with Crippen molar-refractivity contribution in [3.05, 3.63) is 46.7 Å². The fourth-order valence-corrected chi connectivity index (χ4v) is 2.10. The molecule has 0 aliphatic rings. The number of aromatic hydroxyl groups is 1. The summed E-state index contributed by atoms with van der Waals surface area (Å²) in [6.45, 7) is -1.25. The Morgan fingerprint density at radius 2 is 2.09 bits per heavy atom. The molecule has 114 valence electrons. The molecule has 1 heterocycles. The lowest BCUT2D eigenvalue weighted by molar-refractivity contribution is -0.136. The Morgan fingerprint density at radius 3 is 2.73 bits per heavy atom. The Labute approximate surface area is 135 Å². The highest BCUT2D eigenvalue weighted by Crippen LogP contribution is 2.29. The van der Waals surface area contributed by atoms with E-state index in [4.69, 9.17) is 19.4 Å². The summed E-state index contributed by atoms with van der Waals surface area (Å²) < 4.78 is 15.1. The summed E-state index contributed by atoms with van der Waals surface area (Å²) in [7, 11) is 0. The van der Waals surface area contributed by atoms with E-state index >= 15 is 0 Å². The lowest BCUT2D eigenvalue weighted by Crippen LogP contribution is -2.06. The minimum absolute atomic E-state index is 0.211. The number of Topliss-reactive ketones (excluding diaryl/α,β-unsaturated/α-hetero) is 1. The van der Waals surface area contributed by atoms with Crippen molar-refractivity contribution < 1.29 is 22.5 Å². The number of halogens is 1. The second-order valence-electron chi connectivity index (χ2n) is 4.64. The van der Waals surface area contributed by atoms with E-state index in [0.29, 0.717) is 21.7 Å². The van der Waals surface area contributed by atoms with Crippen LogP contribution < -0.4 is 0 Å². The number of carboxylic acids is 1. The largest absolute Gasteiger partial charge is 0.506 e. The molecule has 1 aromatic carbocycles. The number of carboxylic acid groups (broad SMARTS) is 1. The summed E-state index contributed by atoms with van der Waals surface area (Å²) in [6.07, 6.45) is 0.712. The van der Waals surface area contributed by atoms with Crippen LogP contribution >= 0.6 is 11.6 Å². The number of carbonyl (C=O) groups excluding carboxylic acids is 1. The molecule has 2 aromatic rings. The summed E-state index contributed by atoms with van der Waals surface area (Å²) in [5, 5.41) is 19.0. The van der Waals surface area contributed by atoms with Crippen LogP contribution in [0.2, 0.25) is 5.02 Å². The van der Waals surface area contributed by atoms with Gasteiger partial charge in [0.1, 0.15) is 11.4 Å². The molecule has 0 fully saturated rings. The lowest BCUT2D eigenvalue weighted by atomic mass is 10.0. The quantitative estimate of drug-likeness (QED) is 0.823. The Balaban J connectivity index is 2.38. The zero-order chi connectivity index (χ0) is 17.9. The molecule has 0 amide bonds. The molecule has 0 unspecified atom stereocenters. The molecule has 0 saturated carbocycles. The second kappa shape index (κ2) is 6.58. The maximum atomic E-state index is 11.9. The van der Waals surface area contributed by atoms with Crippen LogP contribution in [-0.2, 0) is 4.79 Å². The molecule has 0 radical (unpaired) electrons. The van der Waals surface area contributed by atoms with Crippen molar-refractivity contribution in [3.63, 3.8) is 0 Å². The summed E-state index contributed by atoms with van der Waals surface area (Å²) in [4.78, 5) is 26.3. The Bertz CT molecular complexity index is 796. The number of rotatable bonds is 5. The van der Waals surface area contributed by atoms with E-state index in [2.05, 4.69) is 4.98 Å². The monoisotopic (exact) mass is 321 g/mol. The van der Waals surface area contributed by atoms with Crippen molar-refractivity contribution in [1.29, 1.82) is 0 Å². The Morgan fingerprint density at radius 1 is 1.32 bits per heavy atom. The van der Waals surface area contributed by atoms with E-state index in [-0.39, 0.29) is 24.3 Å². The fourth-order valence-electron chi connectivity index (χ4n) is 1.93. The van der Waals surface area contributed by atoms with E-state index in [9.17, 15) is 14.7 Å². The Hall–Kier alpha value is -2.40. The van der Waals surface area contributed by atoms with Crippen molar-refractivity contribution >= 4 is 23.4 Å². The third-order valence-electron chi connectivity index (χ3n) is 3.02. The smallest absolute Gasteiger partial charge is 0.303 e. The van der Waals surface area contributed by atoms with Gasteiger partial charge in [0.2, 0.25) is 0 Å². The zero-order valence-corrected chi connectivity index (χ0v) is 12.2. The number of benzene rings is 1. The maximum Gasteiger partial charge on any atom is 0.303 e. The van der Waals surface area contributed by atoms with Crippen LogP contribution in [0.15, 0.2) is 30.5 Å². The van der Waals surface area contributed by atoms with Crippen LogP contribution in [0.1, 0.15) is 31.6 Å². The first-order valence-corrected chi connectivity index (χ1v) is 6.75. The molecule has 0 spiro atoms. The summed E-state index contributed by atoms with van der Waals surface area (Å²) in [5.41, 5.74) is 1.04. The van der Waals surface area contributed by atoms with E-state index in [1.807, 2.05) is 0 Å². The van der Waals surface area contributed by atoms with E-state index in [1.165, 1.54) is 12.3 Å². The number of nitrogens with zero attached hydrogens (tertiary/aromatic N) is 1. The van der Waals surface area contributed by atoms with Crippen molar-refractivity contribution in [2.45, 2.75) is 19.7 Å². The topological polar surface area (TPSA) is 87.5 Å². The molecule has 0 aliphatic heterocycles. The van der Waals surface area contributed by atoms with Gasteiger partial charge in [-0.3, -0.25) is 9.59 Å². The molecular formula is C16H14ClNO4. The van der Waals surface area contributed by atoms with Crippen LogP contribution in [0.4, 0.5) is 0 Å². The number of hydrogen-bond acceptors (Lipinski definition) is 4. The standard InChI is InChI=1S/C16H14ClNO4/c1-9-2-3-11(17)7-12(9)10-6-14(20)16(18-8-10)13(19)4-5-15(21)22/h2-3,6-8,20H,4-5H2,1H3,(H,21,22)/i1D2. The maximum absolute atomic E-state index is 11.9. The van der Waals surface area contributed by atoms with Crippen LogP contribution in [0.5, 0.6) is 5.75 Å². The van der Waals surface area contributed by atoms with Crippen molar-refractivity contribution in [3.8, 4) is 16.9 Å². The first kappa shape index (κ1) is 13.3. The molecule has 1 aromatic heterocycles. The molecule has 2 N–H and O–H groups in total. The fraction of sp³-hybridized carbons (Fsp3) is 0.188.